The minimum atomic E-state index is 0. The summed E-state index contributed by atoms with van der Waals surface area (Å²) in [5.41, 5.74) is 0. The van der Waals surface area contributed by atoms with Gasteiger partial charge in [0.15, 0.2) is 17.4 Å². The van der Waals surface area contributed by atoms with Gasteiger partial charge in [-0.2, -0.15) is 0 Å². The minimum absolute atomic E-state index is 0. The second-order valence-corrected chi connectivity index (χ2v) is 1.92. The Morgan fingerprint density at radius 3 is 2.00 bits per heavy atom. The molecule has 1 heteroatoms. The first-order chi connectivity index (χ1) is 2.77. The molecule has 7 heavy (non-hydrogen) atoms. The lowest BCUT2D eigenvalue weighted by Crippen LogP contribution is -1.78. The van der Waals surface area contributed by atoms with Crippen molar-refractivity contribution in [3.05, 3.63) is 12.7 Å². The lowest BCUT2D eigenvalue weighted by atomic mass is 10.1. The van der Waals surface area contributed by atoms with Crippen LogP contribution in [0.4, 0.5) is 0 Å². The molecule has 0 N–H and O–H groups in total. The highest BCUT2D eigenvalue weighted by molar-refractivity contribution is 5.75. The molecule has 0 aliphatic rings. The molecular formula is C6H15Al. The Labute approximate surface area is 56.7 Å². The van der Waals surface area contributed by atoms with Gasteiger partial charge in [0.25, 0.3) is 0 Å². The SMILES string of the molecule is C=CCC(C)C.[AlH3]. The molecule has 0 unspecified atom stereocenters. The van der Waals surface area contributed by atoms with Crippen LogP contribution in [-0.2, 0) is 0 Å². The summed E-state index contributed by atoms with van der Waals surface area (Å²) >= 11 is 0. The largest absolute Gasteiger partial charge is 0.187 e. The Morgan fingerprint density at radius 2 is 2.00 bits per heavy atom. The van der Waals surface area contributed by atoms with E-state index in [1.807, 2.05) is 6.08 Å². The van der Waals surface area contributed by atoms with Gasteiger partial charge in [0.05, 0.1) is 0 Å². The highest BCUT2D eigenvalue weighted by atomic mass is 27.0. The highest BCUT2D eigenvalue weighted by Gasteiger charge is 1.82. The summed E-state index contributed by atoms with van der Waals surface area (Å²) in [4.78, 5) is 0. The minimum Gasteiger partial charge on any atom is -0.103 e. The molecule has 0 aromatic heterocycles. The molecule has 0 radical (unpaired) electrons. The van der Waals surface area contributed by atoms with Crippen LogP contribution in [0.3, 0.4) is 0 Å². The van der Waals surface area contributed by atoms with Crippen LogP contribution < -0.4 is 0 Å². The summed E-state index contributed by atoms with van der Waals surface area (Å²) in [7, 11) is 0. The molecule has 0 bridgehead atoms. The Bertz CT molecular complexity index is 39.4. The van der Waals surface area contributed by atoms with E-state index < -0.39 is 0 Å². The molecule has 0 nitrogen and oxygen atoms in total. The molecule has 0 spiro atoms. The van der Waals surface area contributed by atoms with E-state index in [0.717, 1.165) is 12.3 Å². The lowest BCUT2D eigenvalue weighted by Gasteiger charge is -1.92. The first-order valence-corrected chi connectivity index (χ1v) is 2.38. The van der Waals surface area contributed by atoms with Gasteiger partial charge in [0.1, 0.15) is 0 Å². The highest BCUT2D eigenvalue weighted by Crippen LogP contribution is 1.96. The fourth-order valence-electron chi connectivity index (χ4n) is 0.333. The van der Waals surface area contributed by atoms with E-state index in [2.05, 4.69) is 20.4 Å². The number of rotatable bonds is 2. The van der Waals surface area contributed by atoms with Gasteiger partial charge >= 0.3 is 0 Å². The van der Waals surface area contributed by atoms with Crippen LogP contribution in [0.2, 0.25) is 0 Å². The summed E-state index contributed by atoms with van der Waals surface area (Å²) in [5.74, 6) is 0.780. The van der Waals surface area contributed by atoms with E-state index in [1.54, 1.807) is 0 Å². The monoisotopic (exact) mass is 114 g/mol. The number of hydrogen-bond donors (Lipinski definition) is 0. The third-order valence-corrected chi connectivity index (χ3v) is 0.638. The Hall–Kier alpha value is 0.272. The van der Waals surface area contributed by atoms with Crippen LogP contribution in [0, 0.1) is 5.92 Å². The van der Waals surface area contributed by atoms with E-state index in [1.165, 1.54) is 0 Å². The summed E-state index contributed by atoms with van der Waals surface area (Å²) < 4.78 is 0. The Morgan fingerprint density at radius 1 is 1.57 bits per heavy atom. The van der Waals surface area contributed by atoms with Gasteiger partial charge in [0.2, 0.25) is 0 Å². The zero-order valence-electron chi connectivity index (χ0n) is 4.57. The van der Waals surface area contributed by atoms with Gasteiger partial charge in [-0.3, -0.25) is 0 Å². The van der Waals surface area contributed by atoms with Crippen LogP contribution in [0.25, 0.3) is 0 Å². The van der Waals surface area contributed by atoms with E-state index >= 15 is 0 Å². The van der Waals surface area contributed by atoms with E-state index in [-0.39, 0.29) is 17.4 Å². The summed E-state index contributed by atoms with van der Waals surface area (Å²) in [6.07, 6.45) is 3.09. The van der Waals surface area contributed by atoms with Crippen molar-refractivity contribution in [1.29, 1.82) is 0 Å². The van der Waals surface area contributed by atoms with Crippen molar-refractivity contribution in [3.8, 4) is 0 Å². The molecule has 0 aromatic rings. The maximum absolute atomic E-state index is 3.60. The van der Waals surface area contributed by atoms with Crippen molar-refractivity contribution in [2.24, 2.45) is 5.92 Å². The topological polar surface area (TPSA) is 0 Å². The first-order valence-electron chi connectivity index (χ1n) is 2.38. The van der Waals surface area contributed by atoms with Crippen molar-refractivity contribution in [3.63, 3.8) is 0 Å². The maximum atomic E-state index is 3.60. The second kappa shape index (κ2) is 6.27. The van der Waals surface area contributed by atoms with Crippen LogP contribution in [-0.4, -0.2) is 17.4 Å². The number of allylic oxidation sites excluding steroid dienone is 1. The first kappa shape index (κ1) is 10.3. The molecule has 0 atom stereocenters. The van der Waals surface area contributed by atoms with Crippen molar-refractivity contribution < 1.29 is 0 Å². The van der Waals surface area contributed by atoms with Crippen molar-refractivity contribution in [1.82, 2.24) is 0 Å². The molecule has 0 aromatic carbocycles. The van der Waals surface area contributed by atoms with Gasteiger partial charge in [-0.25, -0.2) is 0 Å². The normalized spacial score (nSPS) is 7.86. The fraction of sp³-hybridized carbons (Fsp3) is 0.667. The van der Waals surface area contributed by atoms with Gasteiger partial charge in [-0.15, -0.1) is 6.58 Å². The van der Waals surface area contributed by atoms with Crippen LogP contribution in [0.5, 0.6) is 0 Å². The van der Waals surface area contributed by atoms with Gasteiger partial charge < -0.3 is 0 Å². The van der Waals surface area contributed by atoms with Crippen molar-refractivity contribution in [2.75, 3.05) is 0 Å². The standard InChI is InChI=1S/C6H12.Al.3H/c1-4-5-6(2)3;;;;/h4,6H,1,5H2,2-3H3;;;;. The average Bonchev–Trinajstić information content (AvgIpc) is 1.35. The number of hydrogen-bond acceptors (Lipinski definition) is 0. The predicted octanol–water partition coefficient (Wildman–Crippen LogP) is 1.03. The molecular weight excluding hydrogens is 99.0 g/mol. The van der Waals surface area contributed by atoms with Gasteiger partial charge in [-0.1, -0.05) is 19.9 Å². The van der Waals surface area contributed by atoms with Crippen LogP contribution >= 0.6 is 0 Å². The molecule has 0 rings (SSSR count). The maximum Gasteiger partial charge on any atom is 0.187 e. The molecule has 0 aliphatic heterocycles. The predicted molar refractivity (Wildman–Crippen MR) is 39.6 cm³/mol. The third kappa shape index (κ3) is 10.7. The molecule has 0 heterocycles. The second-order valence-electron chi connectivity index (χ2n) is 1.92. The molecule has 42 valence electrons. The molecule has 0 saturated heterocycles. The quantitative estimate of drug-likeness (QED) is 0.371. The summed E-state index contributed by atoms with van der Waals surface area (Å²) in [5, 5.41) is 0. The smallest absolute Gasteiger partial charge is 0.103 e. The van der Waals surface area contributed by atoms with Crippen molar-refractivity contribution >= 4 is 17.4 Å². The summed E-state index contributed by atoms with van der Waals surface area (Å²) in [6.45, 7) is 7.97. The van der Waals surface area contributed by atoms with E-state index in [0.29, 0.717) is 0 Å². The molecule has 0 aliphatic carbocycles. The Kier molecular flexibility index (Phi) is 9.22. The van der Waals surface area contributed by atoms with E-state index in [9.17, 15) is 0 Å². The molecule has 0 amide bonds. The Balaban J connectivity index is 0. The van der Waals surface area contributed by atoms with Crippen molar-refractivity contribution in [2.45, 2.75) is 20.3 Å². The molecule has 0 fully saturated rings. The van der Waals surface area contributed by atoms with Gasteiger partial charge in [0, 0.05) is 0 Å². The summed E-state index contributed by atoms with van der Waals surface area (Å²) in [6, 6.07) is 0. The van der Waals surface area contributed by atoms with E-state index in [4.69, 9.17) is 0 Å². The lowest BCUT2D eigenvalue weighted by molar-refractivity contribution is 0.664. The average molecular weight is 114 g/mol. The van der Waals surface area contributed by atoms with Crippen LogP contribution in [0.15, 0.2) is 12.7 Å². The zero-order valence-corrected chi connectivity index (χ0v) is 4.57. The molecule has 0 saturated carbocycles. The van der Waals surface area contributed by atoms with Crippen LogP contribution in [0.1, 0.15) is 20.3 Å². The zero-order chi connectivity index (χ0) is 4.99. The van der Waals surface area contributed by atoms with Gasteiger partial charge in [-0.05, 0) is 12.3 Å². The fourth-order valence-corrected chi connectivity index (χ4v) is 0.333. The third-order valence-electron chi connectivity index (χ3n) is 0.638.